The number of esters is 1. The monoisotopic (exact) mass is 988 g/mol. The number of ether oxygens (including phenoxy) is 2. The summed E-state index contributed by atoms with van der Waals surface area (Å²) in [4.78, 5) is 25.3. The van der Waals surface area contributed by atoms with Crippen molar-refractivity contribution in [1.82, 2.24) is 0 Å². The minimum Gasteiger partial charge on any atom is -0.756 e. The van der Waals surface area contributed by atoms with Crippen molar-refractivity contribution in [1.29, 1.82) is 0 Å². The highest BCUT2D eigenvalue weighted by atomic mass is 31.2. The van der Waals surface area contributed by atoms with Crippen LogP contribution < -0.4 is 4.89 Å². The lowest BCUT2D eigenvalue weighted by molar-refractivity contribution is -0.870. The Kier molecular flexibility index (Phi) is 50.7. The predicted octanol–water partition coefficient (Wildman–Crippen LogP) is 17.5. The molecule has 0 aromatic rings. The van der Waals surface area contributed by atoms with Gasteiger partial charge < -0.3 is 27.9 Å². The van der Waals surface area contributed by atoms with Crippen LogP contribution in [0.4, 0.5) is 0 Å². The van der Waals surface area contributed by atoms with Gasteiger partial charge in [-0.2, -0.15) is 0 Å². The van der Waals surface area contributed by atoms with Gasteiger partial charge in [-0.05, 0) is 83.5 Å². The zero-order valence-electron chi connectivity index (χ0n) is 45.7. The molecule has 0 radical (unpaired) electrons. The molecule has 0 aliphatic rings. The fourth-order valence-corrected chi connectivity index (χ4v) is 8.59. The molecule has 69 heavy (non-hydrogen) atoms. The first kappa shape index (κ1) is 66.9. The van der Waals surface area contributed by atoms with E-state index in [1.165, 1.54) is 154 Å². The number of rotatable bonds is 53. The smallest absolute Gasteiger partial charge is 0.306 e. The number of carbonyl (C=O) groups is 1. The molecule has 0 saturated carbocycles. The van der Waals surface area contributed by atoms with Crippen LogP contribution in [0.1, 0.15) is 245 Å². The zero-order valence-corrected chi connectivity index (χ0v) is 46.6. The van der Waals surface area contributed by atoms with Crippen molar-refractivity contribution in [2.45, 2.75) is 251 Å². The molecule has 2 unspecified atom stereocenters. The molecule has 0 amide bonds. The van der Waals surface area contributed by atoms with Crippen LogP contribution in [0.2, 0.25) is 0 Å². The predicted molar refractivity (Wildman–Crippen MR) is 296 cm³/mol. The number of carbonyl (C=O) groups excluding carboxylic acids is 1. The van der Waals surface area contributed by atoms with E-state index in [1.807, 2.05) is 21.1 Å². The second-order valence-corrected chi connectivity index (χ2v) is 21.7. The lowest BCUT2D eigenvalue weighted by atomic mass is 10.1. The Labute approximate surface area is 427 Å². The van der Waals surface area contributed by atoms with Crippen LogP contribution in [0.3, 0.4) is 0 Å². The fraction of sp³-hybridized carbons (Fsp3) is 0.783. The standard InChI is InChI=1S/C60H110NO7P/c1-6-8-10-12-14-16-18-20-22-24-26-28-30-31-32-33-35-37-39-41-43-45-47-49-51-53-60(62)68-59(58-67-69(63,64)66-56-54-61(3,4)5)57-65-55-52-50-48-46-44-42-40-38-36-34-29-27-25-23-21-19-17-15-13-11-9-7-2/h8,10,14,16,20,22,25-28,31-32,59H,6-7,9,11-13,15,17-19,21,23-24,29-30,33-58H2,1-5H3/b10-8-,16-14-,22-20-,27-25-,28-26-,32-31-. The third kappa shape index (κ3) is 56.7. The average molecular weight is 989 g/mol. The first-order valence-corrected chi connectivity index (χ1v) is 30.1. The molecule has 0 aliphatic heterocycles. The van der Waals surface area contributed by atoms with E-state index < -0.39 is 13.9 Å². The van der Waals surface area contributed by atoms with Crippen molar-refractivity contribution in [3.63, 3.8) is 0 Å². The summed E-state index contributed by atoms with van der Waals surface area (Å²) in [6.45, 7) is 5.31. The summed E-state index contributed by atoms with van der Waals surface area (Å²) >= 11 is 0. The lowest BCUT2D eigenvalue weighted by Crippen LogP contribution is -2.37. The molecule has 0 saturated heterocycles. The number of allylic oxidation sites excluding steroid dienone is 12. The molecule has 8 nitrogen and oxygen atoms in total. The van der Waals surface area contributed by atoms with Gasteiger partial charge in [0.05, 0.1) is 34.4 Å². The average Bonchev–Trinajstić information content (AvgIpc) is 3.31. The van der Waals surface area contributed by atoms with Crippen molar-refractivity contribution >= 4 is 13.8 Å². The summed E-state index contributed by atoms with van der Waals surface area (Å²) in [5.74, 6) is -0.340. The van der Waals surface area contributed by atoms with Gasteiger partial charge in [0.15, 0.2) is 0 Å². The van der Waals surface area contributed by atoms with Crippen LogP contribution in [0.25, 0.3) is 0 Å². The number of likely N-dealkylation sites (N-methyl/N-ethyl adjacent to an activating group) is 1. The van der Waals surface area contributed by atoms with Crippen LogP contribution >= 0.6 is 7.82 Å². The van der Waals surface area contributed by atoms with Crippen LogP contribution in [0.5, 0.6) is 0 Å². The number of unbranched alkanes of at least 4 members (excludes halogenated alkanes) is 27. The van der Waals surface area contributed by atoms with E-state index in [0.717, 1.165) is 70.6 Å². The summed E-state index contributed by atoms with van der Waals surface area (Å²) in [7, 11) is 1.35. The minimum absolute atomic E-state index is 0.0222. The Balaban J connectivity index is 4.11. The van der Waals surface area contributed by atoms with Crippen LogP contribution in [-0.4, -0.2) is 70.7 Å². The Hall–Kier alpha value is -2.06. The third-order valence-electron chi connectivity index (χ3n) is 12.2. The molecule has 9 heteroatoms. The van der Waals surface area contributed by atoms with Crippen molar-refractivity contribution in [2.24, 2.45) is 0 Å². The third-order valence-corrected chi connectivity index (χ3v) is 13.2. The van der Waals surface area contributed by atoms with Crippen LogP contribution in [0, 0.1) is 0 Å². The minimum atomic E-state index is -4.54. The van der Waals surface area contributed by atoms with E-state index in [9.17, 15) is 14.3 Å². The van der Waals surface area contributed by atoms with Gasteiger partial charge in [0.2, 0.25) is 0 Å². The van der Waals surface area contributed by atoms with E-state index in [1.54, 1.807) is 0 Å². The molecule has 0 N–H and O–H groups in total. The summed E-state index contributed by atoms with van der Waals surface area (Å²) in [6, 6.07) is 0. The zero-order chi connectivity index (χ0) is 50.5. The van der Waals surface area contributed by atoms with E-state index in [2.05, 4.69) is 86.8 Å². The van der Waals surface area contributed by atoms with Crippen LogP contribution in [0.15, 0.2) is 72.9 Å². The molecule has 0 aromatic heterocycles. The molecule has 402 valence electrons. The first-order valence-electron chi connectivity index (χ1n) is 28.7. The SMILES string of the molecule is CC/C=C\C/C=C\C/C=C\C/C=C\C/C=C\CCCCCCCCCCCC(=O)OC(COCCCCCCCCCCCC/C=C\CCCCCCCCCC)COP(=O)([O-])OCC[N+](C)(C)C. The topological polar surface area (TPSA) is 94.1 Å². The largest absolute Gasteiger partial charge is 0.756 e. The van der Waals surface area contributed by atoms with E-state index in [0.29, 0.717) is 24.1 Å². The Morgan fingerprint density at radius 1 is 0.464 bits per heavy atom. The van der Waals surface area contributed by atoms with E-state index in [4.69, 9.17) is 18.5 Å². The van der Waals surface area contributed by atoms with E-state index in [-0.39, 0.29) is 25.8 Å². The Bertz CT molecular complexity index is 1330. The van der Waals surface area contributed by atoms with Crippen molar-refractivity contribution in [2.75, 3.05) is 54.1 Å². The van der Waals surface area contributed by atoms with Crippen molar-refractivity contribution in [3.8, 4) is 0 Å². The van der Waals surface area contributed by atoms with Gasteiger partial charge in [-0.25, -0.2) is 0 Å². The van der Waals surface area contributed by atoms with Crippen molar-refractivity contribution in [3.05, 3.63) is 72.9 Å². The summed E-state index contributed by atoms with van der Waals surface area (Å²) in [6.07, 6.45) is 69.4. The molecule has 0 aromatic carbocycles. The lowest BCUT2D eigenvalue weighted by Gasteiger charge is -2.28. The molecule has 0 rings (SSSR count). The van der Waals surface area contributed by atoms with Gasteiger partial charge in [-0.3, -0.25) is 9.36 Å². The summed E-state index contributed by atoms with van der Waals surface area (Å²) < 4.78 is 34.9. The normalized spacial score (nSPS) is 14.0. The quantitative estimate of drug-likeness (QED) is 0.0197. The summed E-state index contributed by atoms with van der Waals surface area (Å²) in [5, 5.41) is 0. The highest BCUT2D eigenvalue weighted by Gasteiger charge is 2.20. The van der Waals surface area contributed by atoms with E-state index >= 15 is 0 Å². The highest BCUT2D eigenvalue weighted by molar-refractivity contribution is 7.45. The maximum atomic E-state index is 12.8. The Morgan fingerprint density at radius 3 is 1.28 bits per heavy atom. The molecule has 0 spiro atoms. The summed E-state index contributed by atoms with van der Waals surface area (Å²) in [5.41, 5.74) is 0. The fourth-order valence-electron chi connectivity index (χ4n) is 7.86. The highest BCUT2D eigenvalue weighted by Crippen LogP contribution is 2.38. The number of hydrogen-bond acceptors (Lipinski definition) is 7. The van der Waals surface area contributed by atoms with Gasteiger partial charge >= 0.3 is 5.97 Å². The maximum absolute atomic E-state index is 12.8. The van der Waals surface area contributed by atoms with Crippen molar-refractivity contribution < 1.29 is 37.3 Å². The molecular formula is C60H110NO7P. The van der Waals surface area contributed by atoms with Crippen LogP contribution in [-0.2, 0) is 27.9 Å². The van der Waals surface area contributed by atoms with Gasteiger partial charge in [0, 0.05) is 13.0 Å². The first-order chi connectivity index (χ1) is 33.6. The number of phosphoric ester groups is 1. The second-order valence-electron chi connectivity index (χ2n) is 20.3. The molecule has 0 fully saturated rings. The molecule has 0 aliphatic carbocycles. The maximum Gasteiger partial charge on any atom is 0.306 e. The Morgan fingerprint density at radius 2 is 0.841 bits per heavy atom. The van der Waals surface area contributed by atoms with Gasteiger partial charge in [-0.15, -0.1) is 0 Å². The molecular weight excluding hydrogens is 878 g/mol. The molecule has 0 bridgehead atoms. The van der Waals surface area contributed by atoms with Gasteiger partial charge in [-0.1, -0.05) is 228 Å². The number of nitrogens with zero attached hydrogens (tertiary/aromatic N) is 1. The second kappa shape index (κ2) is 52.3. The number of quaternary nitrogens is 1. The number of phosphoric acid groups is 1. The van der Waals surface area contributed by atoms with Gasteiger partial charge in [0.25, 0.3) is 7.82 Å². The number of hydrogen-bond donors (Lipinski definition) is 0. The molecule has 2 atom stereocenters. The van der Waals surface area contributed by atoms with Gasteiger partial charge in [0.1, 0.15) is 19.3 Å². The molecule has 0 heterocycles.